The Morgan fingerprint density at radius 2 is 1.95 bits per heavy atom. The van der Waals surface area contributed by atoms with Gasteiger partial charge in [0.25, 0.3) is 0 Å². The zero-order valence-corrected chi connectivity index (χ0v) is 11.4. The van der Waals surface area contributed by atoms with Crippen LogP contribution in [0, 0.1) is 5.92 Å². The Balaban J connectivity index is 1.66. The van der Waals surface area contributed by atoms with Crippen molar-refractivity contribution in [1.29, 1.82) is 0 Å². The average molecular weight is 259 g/mol. The molecule has 1 unspecified atom stereocenters. The number of para-hydroxylation sites is 1. The zero-order chi connectivity index (χ0) is 13.2. The van der Waals surface area contributed by atoms with E-state index in [0.29, 0.717) is 5.91 Å². The first kappa shape index (κ1) is 12.5. The summed E-state index contributed by atoms with van der Waals surface area (Å²) in [5, 5.41) is 3.38. The van der Waals surface area contributed by atoms with Gasteiger partial charge < -0.3 is 15.1 Å². The number of hydrogen-bond acceptors (Lipinski definition) is 3. The first-order valence-corrected chi connectivity index (χ1v) is 7.03. The number of nitrogens with one attached hydrogen (secondary N) is 1. The molecule has 102 valence electrons. The number of piperazine rings is 1. The third-order valence-corrected chi connectivity index (χ3v) is 4.19. The van der Waals surface area contributed by atoms with Crippen LogP contribution in [0.3, 0.4) is 0 Å². The lowest BCUT2D eigenvalue weighted by molar-refractivity contribution is -0.136. The van der Waals surface area contributed by atoms with Crippen LogP contribution in [0.25, 0.3) is 0 Å². The van der Waals surface area contributed by atoms with E-state index in [4.69, 9.17) is 0 Å². The predicted molar refractivity (Wildman–Crippen MR) is 76.2 cm³/mol. The SMILES string of the molecule is CN1CCN(C(=O)C2CNc3ccccc3C2)CC1. The van der Waals surface area contributed by atoms with Gasteiger partial charge in [-0.25, -0.2) is 0 Å². The molecule has 19 heavy (non-hydrogen) atoms. The summed E-state index contributed by atoms with van der Waals surface area (Å²) in [6.45, 7) is 4.48. The Bertz CT molecular complexity index is 466. The monoisotopic (exact) mass is 259 g/mol. The number of benzene rings is 1. The number of anilines is 1. The Morgan fingerprint density at radius 1 is 1.21 bits per heavy atom. The number of hydrogen-bond donors (Lipinski definition) is 1. The Morgan fingerprint density at radius 3 is 2.74 bits per heavy atom. The second kappa shape index (κ2) is 5.21. The largest absolute Gasteiger partial charge is 0.384 e. The molecule has 1 N–H and O–H groups in total. The first-order chi connectivity index (χ1) is 9.24. The number of carbonyl (C=O) groups is 1. The van der Waals surface area contributed by atoms with E-state index < -0.39 is 0 Å². The van der Waals surface area contributed by atoms with Crippen molar-refractivity contribution >= 4 is 11.6 Å². The normalized spacial score (nSPS) is 23.6. The van der Waals surface area contributed by atoms with Gasteiger partial charge in [-0.15, -0.1) is 0 Å². The minimum Gasteiger partial charge on any atom is -0.384 e. The summed E-state index contributed by atoms with van der Waals surface area (Å²) in [5.74, 6) is 0.411. The summed E-state index contributed by atoms with van der Waals surface area (Å²) >= 11 is 0. The van der Waals surface area contributed by atoms with Gasteiger partial charge in [0.1, 0.15) is 0 Å². The van der Waals surface area contributed by atoms with Crippen molar-refractivity contribution in [3.63, 3.8) is 0 Å². The van der Waals surface area contributed by atoms with Crippen LogP contribution in [-0.2, 0) is 11.2 Å². The molecule has 1 atom stereocenters. The topological polar surface area (TPSA) is 35.6 Å². The highest BCUT2D eigenvalue weighted by Gasteiger charge is 2.29. The lowest BCUT2D eigenvalue weighted by Crippen LogP contribution is -2.50. The molecule has 0 saturated carbocycles. The van der Waals surface area contributed by atoms with Gasteiger partial charge in [0.2, 0.25) is 5.91 Å². The lowest BCUT2D eigenvalue weighted by atomic mass is 9.92. The van der Waals surface area contributed by atoms with Gasteiger partial charge in [0.05, 0.1) is 5.92 Å². The van der Waals surface area contributed by atoms with Crippen LogP contribution in [-0.4, -0.2) is 55.5 Å². The molecular weight excluding hydrogens is 238 g/mol. The molecule has 4 heteroatoms. The molecule has 1 aromatic carbocycles. The van der Waals surface area contributed by atoms with Gasteiger partial charge in [-0.05, 0) is 25.1 Å². The molecule has 1 aromatic rings. The molecule has 0 radical (unpaired) electrons. The highest BCUT2D eigenvalue weighted by atomic mass is 16.2. The first-order valence-electron chi connectivity index (χ1n) is 7.03. The van der Waals surface area contributed by atoms with Crippen LogP contribution in [0.15, 0.2) is 24.3 Å². The Labute approximate surface area is 114 Å². The van der Waals surface area contributed by atoms with Gasteiger partial charge >= 0.3 is 0 Å². The maximum Gasteiger partial charge on any atom is 0.227 e. The molecule has 0 spiro atoms. The van der Waals surface area contributed by atoms with Crippen molar-refractivity contribution < 1.29 is 4.79 Å². The van der Waals surface area contributed by atoms with Crippen LogP contribution in [0.4, 0.5) is 5.69 Å². The predicted octanol–water partition coefficient (Wildman–Crippen LogP) is 1.04. The van der Waals surface area contributed by atoms with Crippen molar-refractivity contribution in [3.05, 3.63) is 29.8 Å². The van der Waals surface area contributed by atoms with E-state index in [2.05, 4.69) is 29.4 Å². The van der Waals surface area contributed by atoms with Crippen molar-refractivity contribution in [2.75, 3.05) is 45.1 Å². The van der Waals surface area contributed by atoms with Crippen LogP contribution < -0.4 is 5.32 Å². The molecule has 1 amide bonds. The molecule has 2 aliphatic heterocycles. The number of amides is 1. The van der Waals surface area contributed by atoms with E-state index in [9.17, 15) is 4.79 Å². The van der Waals surface area contributed by atoms with Crippen molar-refractivity contribution in [2.45, 2.75) is 6.42 Å². The van der Waals surface area contributed by atoms with E-state index in [1.807, 2.05) is 17.0 Å². The fraction of sp³-hybridized carbons (Fsp3) is 0.533. The van der Waals surface area contributed by atoms with E-state index in [1.165, 1.54) is 11.3 Å². The maximum atomic E-state index is 12.5. The Kier molecular flexibility index (Phi) is 3.42. The summed E-state index contributed by atoms with van der Waals surface area (Å²) in [6, 6.07) is 8.29. The van der Waals surface area contributed by atoms with Crippen LogP contribution in [0.2, 0.25) is 0 Å². The number of nitrogens with zero attached hydrogens (tertiary/aromatic N) is 2. The molecular formula is C15H21N3O. The van der Waals surface area contributed by atoms with Crippen LogP contribution in [0.1, 0.15) is 5.56 Å². The lowest BCUT2D eigenvalue weighted by Gasteiger charge is -2.36. The van der Waals surface area contributed by atoms with Gasteiger partial charge in [-0.2, -0.15) is 0 Å². The molecule has 3 rings (SSSR count). The number of rotatable bonds is 1. The standard InChI is InChI=1S/C15H21N3O/c1-17-6-8-18(9-7-17)15(19)13-10-12-4-2-3-5-14(12)16-11-13/h2-5,13,16H,6-11H2,1H3. The van der Waals surface area contributed by atoms with Gasteiger partial charge in [-0.3, -0.25) is 4.79 Å². The summed E-state index contributed by atoms with van der Waals surface area (Å²) < 4.78 is 0. The zero-order valence-electron chi connectivity index (χ0n) is 11.4. The minimum atomic E-state index is 0.0957. The third-order valence-electron chi connectivity index (χ3n) is 4.19. The van der Waals surface area contributed by atoms with E-state index in [1.54, 1.807) is 0 Å². The number of carbonyl (C=O) groups excluding carboxylic acids is 1. The molecule has 1 saturated heterocycles. The summed E-state index contributed by atoms with van der Waals surface area (Å²) in [5.41, 5.74) is 2.45. The fourth-order valence-corrected chi connectivity index (χ4v) is 2.90. The Hall–Kier alpha value is -1.55. The highest BCUT2D eigenvalue weighted by Crippen LogP contribution is 2.25. The van der Waals surface area contributed by atoms with Crippen LogP contribution >= 0.6 is 0 Å². The molecule has 0 aliphatic carbocycles. The van der Waals surface area contributed by atoms with Crippen molar-refractivity contribution in [3.8, 4) is 0 Å². The molecule has 2 aliphatic rings. The summed E-state index contributed by atoms with van der Waals surface area (Å²) in [6.07, 6.45) is 0.869. The van der Waals surface area contributed by atoms with Gasteiger partial charge in [-0.1, -0.05) is 18.2 Å². The van der Waals surface area contributed by atoms with Crippen molar-refractivity contribution in [2.24, 2.45) is 5.92 Å². The van der Waals surface area contributed by atoms with E-state index >= 15 is 0 Å². The van der Waals surface area contributed by atoms with E-state index in [0.717, 1.165) is 39.1 Å². The van der Waals surface area contributed by atoms with E-state index in [-0.39, 0.29) is 5.92 Å². The highest BCUT2D eigenvalue weighted by molar-refractivity contribution is 5.81. The molecule has 0 bridgehead atoms. The maximum absolute atomic E-state index is 12.5. The van der Waals surface area contributed by atoms with Gasteiger partial charge in [0, 0.05) is 38.4 Å². The second-order valence-corrected chi connectivity index (χ2v) is 5.57. The average Bonchev–Trinajstić information content (AvgIpc) is 2.47. The molecule has 2 heterocycles. The quantitative estimate of drug-likeness (QED) is 0.818. The second-order valence-electron chi connectivity index (χ2n) is 5.57. The number of fused-ring (bicyclic) bond motifs is 1. The van der Waals surface area contributed by atoms with Crippen LogP contribution in [0.5, 0.6) is 0 Å². The smallest absolute Gasteiger partial charge is 0.227 e. The van der Waals surface area contributed by atoms with Gasteiger partial charge in [0.15, 0.2) is 0 Å². The fourth-order valence-electron chi connectivity index (χ4n) is 2.90. The molecule has 4 nitrogen and oxygen atoms in total. The minimum absolute atomic E-state index is 0.0957. The van der Waals surface area contributed by atoms with Crippen molar-refractivity contribution in [1.82, 2.24) is 9.80 Å². The number of likely N-dealkylation sites (N-methyl/N-ethyl adjacent to an activating group) is 1. The summed E-state index contributed by atoms with van der Waals surface area (Å²) in [7, 11) is 2.11. The third kappa shape index (κ3) is 2.59. The summed E-state index contributed by atoms with van der Waals surface area (Å²) in [4.78, 5) is 16.8. The molecule has 1 fully saturated rings. The molecule has 0 aromatic heterocycles.